The minimum atomic E-state index is -0.843. The number of esters is 1. The fourth-order valence-electron chi connectivity index (χ4n) is 1.40. The number of hydrogen-bond donors (Lipinski definition) is 0. The van der Waals surface area contributed by atoms with Crippen LogP contribution in [0.5, 0.6) is 0 Å². The van der Waals surface area contributed by atoms with Crippen molar-refractivity contribution in [3.05, 3.63) is 0 Å². The number of ether oxygens (including phenoxy) is 1. The summed E-state index contributed by atoms with van der Waals surface area (Å²) in [7, 11) is 0. The summed E-state index contributed by atoms with van der Waals surface area (Å²) in [6.07, 6.45) is 7.92. The van der Waals surface area contributed by atoms with Gasteiger partial charge in [0.25, 0.3) is 0 Å². The summed E-state index contributed by atoms with van der Waals surface area (Å²) in [5.41, 5.74) is 0. The van der Waals surface area contributed by atoms with Crippen LogP contribution in [0.15, 0.2) is 0 Å². The Labute approximate surface area is 83.2 Å². The van der Waals surface area contributed by atoms with Crippen molar-refractivity contribution in [3.8, 4) is 12.3 Å². The molecule has 0 aliphatic carbocycles. The molecular formula is C10H13NO3. The number of piperidine rings is 1. The number of likely N-dealkylation sites (tertiary alicyclic amines) is 1. The van der Waals surface area contributed by atoms with Crippen molar-refractivity contribution in [1.29, 1.82) is 0 Å². The van der Waals surface area contributed by atoms with E-state index in [4.69, 9.17) is 6.42 Å². The second-order valence-corrected chi connectivity index (χ2v) is 3.13. The Morgan fingerprint density at radius 1 is 1.29 bits per heavy atom. The molecule has 0 aromatic rings. The highest BCUT2D eigenvalue weighted by Crippen LogP contribution is 2.08. The number of carbonyl (C=O) groups excluding carboxylic acids is 2. The molecule has 76 valence electrons. The van der Waals surface area contributed by atoms with Gasteiger partial charge < -0.3 is 9.64 Å². The first-order valence-corrected chi connectivity index (χ1v) is 4.65. The standard InChI is InChI=1S/C10H13NO3/c1-2-8-14-10(13)9(12)11-6-4-3-5-7-11/h1H,3-8H2. The molecule has 1 fully saturated rings. The molecule has 0 spiro atoms. The van der Waals surface area contributed by atoms with E-state index >= 15 is 0 Å². The number of terminal acetylenes is 1. The highest BCUT2D eigenvalue weighted by molar-refractivity contribution is 6.32. The van der Waals surface area contributed by atoms with Crippen molar-refractivity contribution < 1.29 is 14.3 Å². The van der Waals surface area contributed by atoms with Crippen LogP contribution in [0.2, 0.25) is 0 Å². The number of amides is 1. The van der Waals surface area contributed by atoms with E-state index in [2.05, 4.69) is 10.7 Å². The first-order valence-electron chi connectivity index (χ1n) is 4.65. The van der Waals surface area contributed by atoms with Gasteiger partial charge in [-0.05, 0) is 19.3 Å². The van der Waals surface area contributed by atoms with E-state index in [-0.39, 0.29) is 6.61 Å². The maximum absolute atomic E-state index is 11.4. The molecule has 1 rings (SSSR count). The highest BCUT2D eigenvalue weighted by atomic mass is 16.5. The second-order valence-electron chi connectivity index (χ2n) is 3.13. The van der Waals surface area contributed by atoms with Gasteiger partial charge in [-0.1, -0.05) is 5.92 Å². The maximum Gasteiger partial charge on any atom is 0.397 e. The van der Waals surface area contributed by atoms with Gasteiger partial charge in [-0.3, -0.25) is 4.79 Å². The third-order valence-corrected chi connectivity index (χ3v) is 2.10. The lowest BCUT2D eigenvalue weighted by Gasteiger charge is -2.25. The topological polar surface area (TPSA) is 46.6 Å². The predicted molar refractivity (Wildman–Crippen MR) is 50.2 cm³/mol. The van der Waals surface area contributed by atoms with Crippen LogP contribution in [0.25, 0.3) is 0 Å². The molecule has 1 heterocycles. The minimum absolute atomic E-state index is 0.140. The van der Waals surface area contributed by atoms with Gasteiger partial charge >= 0.3 is 11.9 Å². The molecule has 0 radical (unpaired) electrons. The molecule has 4 nitrogen and oxygen atoms in total. The van der Waals surface area contributed by atoms with E-state index < -0.39 is 11.9 Å². The molecule has 1 aliphatic heterocycles. The lowest BCUT2D eigenvalue weighted by molar-refractivity contribution is -0.159. The summed E-state index contributed by atoms with van der Waals surface area (Å²) >= 11 is 0. The summed E-state index contributed by atoms with van der Waals surface area (Å²) in [6, 6.07) is 0. The molecule has 0 unspecified atom stereocenters. The van der Waals surface area contributed by atoms with Crippen LogP contribution in [0.1, 0.15) is 19.3 Å². The van der Waals surface area contributed by atoms with Crippen LogP contribution in [-0.2, 0) is 14.3 Å². The van der Waals surface area contributed by atoms with E-state index in [1.54, 1.807) is 0 Å². The van der Waals surface area contributed by atoms with Gasteiger partial charge in [0.05, 0.1) is 0 Å². The lowest BCUT2D eigenvalue weighted by atomic mass is 10.1. The number of hydrogen-bond acceptors (Lipinski definition) is 3. The molecule has 0 N–H and O–H groups in total. The quantitative estimate of drug-likeness (QED) is 0.340. The van der Waals surface area contributed by atoms with Crippen LogP contribution >= 0.6 is 0 Å². The Morgan fingerprint density at radius 2 is 1.93 bits per heavy atom. The zero-order valence-corrected chi connectivity index (χ0v) is 7.99. The monoisotopic (exact) mass is 195 g/mol. The number of carbonyl (C=O) groups is 2. The molecule has 0 aromatic heterocycles. The Balaban J connectivity index is 2.39. The average molecular weight is 195 g/mol. The van der Waals surface area contributed by atoms with E-state index in [9.17, 15) is 9.59 Å². The van der Waals surface area contributed by atoms with Crippen LogP contribution in [-0.4, -0.2) is 36.5 Å². The van der Waals surface area contributed by atoms with Crippen molar-refractivity contribution in [2.45, 2.75) is 19.3 Å². The lowest BCUT2D eigenvalue weighted by Crippen LogP contribution is -2.40. The first-order chi connectivity index (χ1) is 6.75. The molecule has 14 heavy (non-hydrogen) atoms. The van der Waals surface area contributed by atoms with Gasteiger partial charge in [0.1, 0.15) is 0 Å². The maximum atomic E-state index is 11.4. The molecular weight excluding hydrogens is 182 g/mol. The molecule has 4 heteroatoms. The van der Waals surface area contributed by atoms with Crippen molar-refractivity contribution in [1.82, 2.24) is 4.90 Å². The molecule has 1 amide bonds. The Hall–Kier alpha value is -1.50. The molecule has 1 saturated heterocycles. The predicted octanol–water partition coefficient (Wildman–Crippen LogP) is 0.175. The fraction of sp³-hybridized carbons (Fsp3) is 0.600. The molecule has 0 bridgehead atoms. The summed E-state index contributed by atoms with van der Waals surface area (Å²) in [5.74, 6) is 0.730. The molecule has 0 atom stereocenters. The van der Waals surface area contributed by atoms with Crippen LogP contribution in [0.4, 0.5) is 0 Å². The van der Waals surface area contributed by atoms with Gasteiger partial charge in [-0.15, -0.1) is 6.42 Å². The van der Waals surface area contributed by atoms with Gasteiger partial charge in [0.2, 0.25) is 0 Å². The normalized spacial score (nSPS) is 15.8. The van der Waals surface area contributed by atoms with Crippen molar-refractivity contribution in [2.24, 2.45) is 0 Å². The minimum Gasteiger partial charge on any atom is -0.445 e. The zero-order valence-electron chi connectivity index (χ0n) is 7.99. The van der Waals surface area contributed by atoms with E-state index in [0.717, 1.165) is 19.3 Å². The van der Waals surface area contributed by atoms with Gasteiger partial charge in [0.15, 0.2) is 6.61 Å². The first kappa shape index (κ1) is 10.6. The smallest absolute Gasteiger partial charge is 0.397 e. The summed E-state index contributed by atoms with van der Waals surface area (Å²) in [5, 5.41) is 0. The number of nitrogens with zero attached hydrogens (tertiary/aromatic N) is 1. The van der Waals surface area contributed by atoms with Crippen molar-refractivity contribution in [3.63, 3.8) is 0 Å². The van der Waals surface area contributed by atoms with Crippen LogP contribution < -0.4 is 0 Å². The average Bonchev–Trinajstić information content (AvgIpc) is 2.26. The largest absolute Gasteiger partial charge is 0.445 e. The highest BCUT2D eigenvalue weighted by Gasteiger charge is 2.24. The molecule has 0 aromatic carbocycles. The Bertz CT molecular complexity index is 261. The van der Waals surface area contributed by atoms with Gasteiger partial charge in [0, 0.05) is 13.1 Å². The van der Waals surface area contributed by atoms with E-state index in [1.165, 1.54) is 4.90 Å². The van der Waals surface area contributed by atoms with Crippen LogP contribution in [0, 0.1) is 12.3 Å². The summed E-state index contributed by atoms with van der Waals surface area (Å²) in [4.78, 5) is 24.0. The molecule has 0 saturated carbocycles. The van der Waals surface area contributed by atoms with Crippen LogP contribution in [0.3, 0.4) is 0 Å². The summed E-state index contributed by atoms with van der Waals surface area (Å²) < 4.78 is 4.54. The van der Waals surface area contributed by atoms with Crippen molar-refractivity contribution in [2.75, 3.05) is 19.7 Å². The van der Waals surface area contributed by atoms with E-state index in [1.807, 2.05) is 0 Å². The third-order valence-electron chi connectivity index (χ3n) is 2.10. The summed E-state index contributed by atoms with van der Waals surface area (Å²) in [6.45, 7) is 1.15. The van der Waals surface area contributed by atoms with Gasteiger partial charge in [-0.2, -0.15) is 0 Å². The molecule has 1 aliphatic rings. The Morgan fingerprint density at radius 3 is 2.50 bits per heavy atom. The zero-order chi connectivity index (χ0) is 10.4. The van der Waals surface area contributed by atoms with Crippen molar-refractivity contribution >= 4 is 11.9 Å². The SMILES string of the molecule is C#CCOC(=O)C(=O)N1CCCCC1. The van der Waals surface area contributed by atoms with Gasteiger partial charge in [-0.25, -0.2) is 4.79 Å². The number of rotatable bonds is 1. The van der Waals surface area contributed by atoms with E-state index in [0.29, 0.717) is 13.1 Å². The second kappa shape index (κ2) is 5.28. The third kappa shape index (κ3) is 2.77. The Kier molecular flexibility index (Phi) is 3.99. The fourth-order valence-corrected chi connectivity index (χ4v) is 1.40.